The number of alkyl halides is 1. The molecule has 0 aliphatic carbocycles. The van der Waals surface area contributed by atoms with Crippen molar-refractivity contribution in [3.63, 3.8) is 0 Å². The van der Waals surface area contributed by atoms with E-state index >= 15 is 0 Å². The van der Waals surface area contributed by atoms with E-state index in [-0.39, 0.29) is 27.8 Å². The van der Waals surface area contributed by atoms with Gasteiger partial charge in [-0.2, -0.15) is 0 Å². The minimum atomic E-state index is -2.07. The van der Waals surface area contributed by atoms with Crippen molar-refractivity contribution in [1.82, 2.24) is 0 Å². The lowest BCUT2D eigenvalue weighted by atomic mass is 9.96. The number of ether oxygens (including phenoxy) is 9. The van der Waals surface area contributed by atoms with Crippen molar-refractivity contribution >= 4 is 47.4 Å². The smallest absolute Gasteiger partial charge is 0.338 e. The molecule has 2 heterocycles. The molecule has 10 atom stereocenters. The Morgan fingerprint density at radius 3 is 1.22 bits per heavy atom. The molecule has 5 aromatic rings. The van der Waals surface area contributed by atoms with Crippen LogP contribution in [0.4, 0.5) is 0 Å². The normalized spacial score (nSPS) is 24.5. The maximum absolute atomic E-state index is 14.0. The number of aliphatic hydroxyl groups excluding tert-OH is 2. The van der Waals surface area contributed by atoms with Gasteiger partial charge in [0.1, 0.15) is 43.5 Å². The van der Waals surface area contributed by atoms with Gasteiger partial charge in [-0.25, -0.2) is 24.0 Å². The van der Waals surface area contributed by atoms with E-state index in [1.54, 1.807) is 91.0 Å². The van der Waals surface area contributed by atoms with Crippen LogP contribution in [-0.2, 0) is 47.4 Å². The molecule has 2 saturated heterocycles. The number of halogens is 1. The van der Waals surface area contributed by atoms with Gasteiger partial charge in [-0.05, 0) is 60.7 Å². The third-order valence-corrected chi connectivity index (χ3v) is 10.7. The molecule has 2 fully saturated rings. The molecule has 5 aromatic carbocycles. The Morgan fingerprint density at radius 1 is 0.433 bits per heavy atom. The van der Waals surface area contributed by atoms with Crippen LogP contribution in [0.15, 0.2) is 152 Å². The van der Waals surface area contributed by atoms with Crippen molar-refractivity contribution in [3.8, 4) is 0 Å². The summed E-state index contributed by atoms with van der Waals surface area (Å²) in [6, 6.07) is 38.4. The second-order valence-electron chi connectivity index (χ2n) is 14.9. The quantitative estimate of drug-likeness (QED) is 0.0776. The number of hydrogen-bond acceptors (Lipinski definition) is 17. The number of hydrogen-bond donors (Lipinski definition) is 2. The zero-order chi connectivity index (χ0) is 47.3. The molecule has 0 bridgehead atoms. The van der Waals surface area contributed by atoms with Crippen molar-refractivity contribution in [1.29, 1.82) is 0 Å². The molecule has 0 aromatic heterocycles. The van der Waals surface area contributed by atoms with E-state index in [0.717, 1.165) is 0 Å². The Labute approximate surface area is 387 Å². The van der Waals surface area contributed by atoms with E-state index < -0.39 is 116 Å². The van der Waals surface area contributed by atoms with Gasteiger partial charge in [-0.3, -0.25) is 4.79 Å². The molecular formula is C49H43ClO17. The van der Waals surface area contributed by atoms with Gasteiger partial charge in [0.05, 0.1) is 27.8 Å². The number of carbonyl (C=O) groups is 6. The van der Waals surface area contributed by atoms with Crippen LogP contribution < -0.4 is 0 Å². The molecule has 2 aliphatic rings. The summed E-state index contributed by atoms with van der Waals surface area (Å²) in [7, 11) is 0. The summed E-state index contributed by atoms with van der Waals surface area (Å²) in [5, 5.41) is 23.8. The first-order valence-electron chi connectivity index (χ1n) is 20.8. The second-order valence-corrected chi connectivity index (χ2v) is 15.2. The van der Waals surface area contributed by atoms with Crippen molar-refractivity contribution in [2.75, 3.05) is 19.1 Å². The summed E-state index contributed by atoms with van der Waals surface area (Å²) < 4.78 is 53.2. The van der Waals surface area contributed by atoms with Crippen molar-refractivity contribution in [2.24, 2.45) is 0 Å². The Bertz CT molecular complexity index is 2440. The molecule has 18 heteroatoms. The van der Waals surface area contributed by atoms with Crippen LogP contribution in [0.1, 0.15) is 51.8 Å². The van der Waals surface area contributed by atoms with Gasteiger partial charge in [-0.1, -0.05) is 91.0 Å². The van der Waals surface area contributed by atoms with E-state index in [1.807, 2.05) is 0 Å². The lowest BCUT2D eigenvalue weighted by Crippen LogP contribution is -2.66. The van der Waals surface area contributed by atoms with Gasteiger partial charge >= 0.3 is 35.8 Å². The highest BCUT2D eigenvalue weighted by atomic mass is 35.5. The molecule has 0 radical (unpaired) electrons. The lowest BCUT2D eigenvalue weighted by molar-refractivity contribution is -0.352. The van der Waals surface area contributed by atoms with Crippen LogP contribution in [-0.4, -0.2) is 127 Å². The van der Waals surface area contributed by atoms with Crippen LogP contribution in [0.3, 0.4) is 0 Å². The van der Waals surface area contributed by atoms with Crippen LogP contribution in [0.2, 0.25) is 0 Å². The largest absolute Gasteiger partial charge is 0.462 e. The molecule has 348 valence electrons. The molecule has 0 spiro atoms. The highest BCUT2D eigenvalue weighted by Gasteiger charge is 2.56. The van der Waals surface area contributed by atoms with Crippen molar-refractivity contribution < 1.29 is 81.6 Å². The van der Waals surface area contributed by atoms with E-state index in [4.69, 9.17) is 54.2 Å². The summed E-state index contributed by atoms with van der Waals surface area (Å²) in [6.45, 7) is -1.43. The maximum Gasteiger partial charge on any atom is 0.338 e. The third-order valence-electron chi connectivity index (χ3n) is 10.4. The average molecular weight is 939 g/mol. The maximum atomic E-state index is 14.0. The monoisotopic (exact) mass is 938 g/mol. The Kier molecular flexibility index (Phi) is 16.4. The van der Waals surface area contributed by atoms with Crippen molar-refractivity contribution in [3.05, 3.63) is 179 Å². The standard InChI is InChI=1S/C49H43ClO17/c50-26-36(51)59-27-34-38(63-44(54)30-18-8-2-9-19-30)37(52)40(64-45(55)31-20-10-3-11-21-31)49(62-34)67-39-35(28-60-43(53)29-16-6-1-7-17-29)61-48(58)42(66-47(57)33-24-14-5-15-25-33)41(39)65-46(56)32-22-12-4-13-23-32/h1-25,34-35,37-42,48-49,52,58H,26-28H2/t34-,35-,37+,38+,39-,40-,41+,42+,48+,49+/m1/s1. The van der Waals surface area contributed by atoms with Crippen LogP contribution in [0.25, 0.3) is 0 Å². The zero-order valence-corrected chi connectivity index (χ0v) is 36.0. The highest BCUT2D eigenvalue weighted by molar-refractivity contribution is 6.26. The Hall–Kier alpha value is -6.99. The summed E-state index contributed by atoms with van der Waals surface area (Å²) >= 11 is 5.72. The van der Waals surface area contributed by atoms with Crippen LogP contribution in [0, 0.1) is 0 Å². The van der Waals surface area contributed by atoms with Gasteiger partial charge in [0.15, 0.2) is 37.0 Å². The molecule has 0 saturated carbocycles. The number of rotatable bonds is 16. The summed E-state index contributed by atoms with van der Waals surface area (Å²) in [4.78, 5) is 80.6. The first kappa shape index (κ1) is 48.0. The van der Waals surface area contributed by atoms with E-state index in [2.05, 4.69) is 0 Å². The molecule has 0 amide bonds. The predicted octanol–water partition coefficient (Wildman–Crippen LogP) is 4.72. The zero-order valence-electron chi connectivity index (χ0n) is 35.2. The second kappa shape index (κ2) is 23.0. The third kappa shape index (κ3) is 12.3. The molecule has 17 nitrogen and oxygen atoms in total. The Balaban J connectivity index is 1.30. The topological polar surface area (TPSA) is 226 Å². The van der Waals surface area contributed by atoms with Gasteiger partial charge in [0.2, 0.25) is 0 Å². The first-order chi connectivity index (χ1) is 32.5. The van der Waals surface area contributed by atoms with E-state index in [0.29, 0.717) is 0 Å². The molecule has 7 rings (SSSR count). The fourth-order valence-corrected chi connectivity index (χ4v) is 7.19. The minimum Gasteiger partial charge on any atom is -0.462 e. The van der Waals surface area contributed by atoms with Gasteiger partial charge in [-0.15, -0.1) is 11.6 Å². The van der Waals surface area contributed by atoms with E-state index in [1.165, 1.54) is 60.7 Å². The molecule has 2 aliphatic heterocycles. The average Bonchev–Trinajstić information content (AvgIpc) is 3.37. The van der Waals surface area contributed by atoms with Gasteiger partial charge < -0.3 is 52.8 Å². The van der Waals surface area contributed by atoms with Crippen LogP contribution in [0.5, 0.6) is 0 Å². The lowest BCUT2D eigenvalue weighted by Gasteiger charge is -2.47. The molecular weight excluding hydrogens is 896 g/mol. The predicted molar refractivity (Wildman–Crippen MR) is 231 cm³/mol. The fraction of sp³-hybridized carbons (Fsp3) is 0.265. The number of aliphatic hydroxyl groups is 2. The van der Waals surface area contributed by atoms with Crippen LogP contribution >= 0.6 is 11.6 Å². The molecule has 67 heavy (non-hydrogen) atoms. The van der Waals surface area contributed by atoms with E-state index in [9.17, 15) is 39.0 Å². The molecule has 0 unspecified atom stereocenters. The fourth-order valence-electron chi connectivity index (χ4n) is 7.11. The summed E-state index contributed by atoms with van der Waals surface area (Å²) in [6.07, 6.45) is -18.5. The summed E-state index contributed by atoms with van der Waals surface area (Å²) in [5.41, 5.74) is 0.270. The number of benzene rings is 5. The minimum absolute atomic E-state index is 0.0156. The number of esters is 6. The Morgan fingerprint density at radius 2 is 0.791 bits per heavy atom. The van der Waals surface area contributed by atoms with Gasteiger partial charge in [0, 0.05) is 0 Å². The number of carbonyl (C=O) groups excluding carboxylic acids is 6. The summed E-state index contributed by atoms with van der Waals surface area (Å²) in [5.74, 6) is -6.28. The highest BCUT2D eigenvalue weighted by Crippen LogP contribution is 2.35. The van der Waals surface area contributed by atoms with Gasteiger partial charge in [0.25, 0.3) is 0 Å². The molecule has 2 N–H and O–H groups in total. The SMILES string of the molecule is O=C(CCl)OC[C@H]1O[C@@H](O[C@H]2[C@H](OC(=O)c3ccccc3)[C@H](OC(=O)c3ccccc3)[C@@H](O)O[C@@H]2COC(=O)c2ccccc2)[C@H](OC(=O)c2ccccc2)[C@@H](O)[C@H]1OC(=O)c1ccccc1. The van der Waals surface area contributed by atoms with Crippen molar-refractivity contribution in [2.45, 2.75) is 61.4 Å². The first-order valence-corrected chi connectivity index (χ1v) is 21.3.